The van der Waals surface area contributed by atoms with Crippen LogP contribution in [0.1, 0.15) is 10.5 Å². The van der Waals surface area contributed by atoms with Gasteiger partial charge in [-0.2, -0.15) is 0 Å². The molecule has 1 heterocycles. The fourth-order valence-corrected chi connectivity index (χ4v) is 1.94. The Balaban J connectivity index is 2.10. The first-order valence-electron chi connectivity index (χ1n) is 6.11. The first kappa shape index (κ1) is 14.7. The van der Waals surface area contributed by atoms with Crippen molar-refractivity contribution in [2.45, 2.75) is 6.10 Å². The Morgan fingerprint density at radius 2 is 2.20 bits per heavy atom. The third-order valence-corrected chi connectivity index (χ3v) is 2.98. The van der Waals surface area contributed by atoms with Crippen molar-refractivity contribution in [3.63, 3.8) is 0 Å². The molecule has 1 unspecified atom stereocenters. The number of fused-ring (bicyclic) bond motifs is 1. The van der Waals surface area contributed by atoms with Crippen LogP contribution in [0.5, 0.6) is 0 Å². The third-order valence-electron chi connectivity index (χ3n) is 2.74. The van der Waals surface area contributed by atoms with E-state index in [1.807, 2.05) is 6.07 Å². The number of halogens is 1. The lowest BCUT2D eigenvalue weighted by Crippen LogP contribution is -2.34. The fraction of sp³-hybridized carbons (Fsp3) is 0.286. The molecule has 2 N–H and O–H groups in total. The van der Waals surface area contributed by atoms with E-state index in [9.17, 15) is 9.90 Å². The predicted molar refractivity (Wildman–Crippen MR) is 77.0 cm³/mol. The Labute approximate surface area is 121 Å². The summed E-state index contributed by atoms with van der Waals surface area (Å²) in [5, 5.41) is 13.5. The smallest absolute Gasteiger partial charge is 0.269 e. The first-order chi connectivity index (χ1) is 9.60. The lowest BCUT2D eigenvalue weighted by atomic mass is 10.2. The molecule has 0 saturated carbocycles. The number of carbonyl (C=O) groups is 1. The molecule has 0 aliphatic rings. The van der Waals surface area contributed by atoms with Gasteiger partial charge in [-0.3, -0.25) is 4.79 Å². The third kappa shape index (κ3) is 3.66. The van der Waals surface area contributed by atoms with Gasteiger partial charge in [-0.1, -0.05) is 23.7 Å². The molecule has 0 aliphatic carbocycles. The largest absolute Gasteiger partial charge is 0.389 e. The number of aromatic nitrogens is 1. The highest BCUT2D eigenvalue weighted by atomic mass is 35.5. The Kier molecular flexibility index (Phi) is 4.89. The Hall–Kier alpha value is -1.69. The summed E-state index contributed by atoms with van der Waals surface area (Å²) >= 11 is 5.90. The van der Waals surface area contributed by atoms with Crippen molar-refractivity contribution in [1.82, 2.24) is 10.3 Å². The maximum Gasteiger partial charge on any atom is 0.269 e. The van der Waals surface area contributed by atoms with Crippen LogP contribution in [-0.2, 0) is 4.74 Å². The van der Waals surface area contributed by atoms with Gasteiger partial charge in [0.05, 0.1) is 18.2 Å². The highest BCUT2D eigenvalue weighted by Gasteiger charge is 2.10. The average Bonchev–Trinajstić information content (AvgIpc) is 2.44. The number of hydrogen-bond donors (Lipinski definition) is 2. The van der Waals surface area contributed by atoms with Gasteiger partial charge in [0.2, 0.25) is 0 Å². The summed E-state index contributed by atoms with van der Waals surface area (Å²) in [4.78, 5) is 16.2. The Morgan fingerprint density at radius 1 is 1.45 bits per heavy atom. The monoisotopic (exact) mass is 294 g/mol. The van der Waals surface area contributed by atoms with Crippen molar-refractivity contribution in [3.05, 3.63) is 41.0 Å². The van der Waals surface area contributed by atoms with E-state index in [1.54, 1.807) is 24.3 Å². The minimum atomic E-state index is -0.737. The van der Waals surface area contributed by atoms with Crippen LogP contribution in [0.15, 0.2) is 30.3 Å². The molecule has 0 spiro atoms. The zero-order valence-corrected chi connectivity index (χ0v) is 11.7. The van der Waals surface area contributed by atoms with E-state index >= 15 is 0 Å². The lowest BCUT2D eigenvalue weighted by Gasteiger charge is -2.10. The molecular formula is C14H15ClN2O3. The second-order valence-electron chi connectivity index (χ2n) is 4.35. The van der Waals surface area contributed by atoms with Crippen molar-refractivity contribution in [2.24, 2.45) is 0 Å². The molecule has 1 aromatic carbocycles. The highest BCUT2D eigenvalue weighted by molar-refractivity contribution is 6.31. The van der Waals surface area contributed by atoms with E-state index in [0.29, 0.717) is 10.5 Å². The number of benzene rings is 1. The second kappa shape index (κ2) is 6.65. The fourth-order valence-electron chi connectivity index (χ4n) is 1.77. The van der Waals surface area contributed by atoms with Crippen molar-refractivity contribution >= 4 is 28.4 Å². The van der Waals surface area contributed by atoms with Crippen molar-refractivity contribution < 1.29 is 14.6 Å². The summed E-state index contributed by atoms with van der Waals surface area (Å²) < 4.78 is 4.78. The molecule has 2 rings (SSSR count). The molecule has 0 bridgehead atoms. The number of rotatable bonds is 5. The molecule has 0 aliphatic heterocycles. The highest BCUT2D eigenvalue weighted by Crippen LogP contribution is 2.17. The number of aliphatic hydroxyl groups excluding tert-OH is 1. The number of aliphatic hydroxyl groups is 1. The normalized spacial score (nSPS) is 12.3. The van der Waals surface area contributed by atoms with E-state index in [-0.39, 0.29) is 24.8 Å². The minimum absolute atomic E-state index is 0.113. The van der Waals surface area contributed by atoms with Gasteiger partial charge in [-0.25, -0.2) is 4.98 Å². The molecule has 20 heavy (non-hydrogen) atoms. The quantitative estimate of drug-likeness (QED) is 0.879. The summed E-state index contributed by atoms with van der Waals surface area (Å²) in [6, 6.07) is 8.75. The van der Waals surface area contributed by atoms with E-state index in [2.05, 4.69) is 10.3 Å². The van der Waals surface area contributed by atoms with Crippen LogP contribution in [-0.4, -0.2) is 42.4 Å². The molecule has 5 nitrogen and oxygen atoms in total. The molecule has 6 heteroatoms. The Bertz CT molecular complexity index is 618. The van der Waals surface area contributed by atoms with E-state index in [1.165, 1.54) is 7.11 Å². The molecule has 1 amide bonds. The lowest BCUT2D eigenvalue weighted by molar-refractivity contribution is 0.0608. The molecule has 2 aromatic rings. The molecule has 106 valence electrons. The topological polar surface area (TPSA) is 71.5 Å². The summed E-state index contributed by atoms with van der Waals surface area (Å²) in [5.41, 5.74) is 0.937. The van der Waals surface area contributed by atoms with Gasteiger partial charge in [-0.15, -0.1) is 0 Å². The van der Waals surface area contributed by atoms with Gasteiger partial charge in [0.1, 0.15) is 5.69 Å². The van der Waals surface area contributed by atoms with E-state index in [0.717, 1.165) is 5.39 Å². The number of pyridine rings is 1. The van der Waals surface area contributed by atoms with Gasteiger partial charge >= 0.3 is 0 Å². The number of ether oxygens (including phenoxy) is 1. The van der Waals surface area contributed by atoms with E-state index in [4.69, 9.17) is 16.3 Å². The molecule has 1 aromatic heterocycles. The molecular weight excluding hydrogens is 280 g/mol. The molecule has 1 atom stereocenters. The summed E-state index contributed by atoms with van der Waals surface area (Å²) in [6.45, 7) is 0.281. The van der Waals surface area contributed by atoms with E-state index < -0.39 is 6.10 Å². The maximum absolute atomic E-state index is 11.9. The van der Waals surface area contributed by atoms with Gasteiger partial charge in [0.25, 0.3) is 5.91 Å². The number of nitrogens with zero attached hydrogens (tertiary/aromatic N) is 1. The van der Waals surface area contributed by atoms with Crippen LogP contribution < -0.4 is 5.32 Å². The van der Waals surface area contributed by atoms with Gasteiger partial charge in [0.15, 0.2) is 0 Å². The van der Waals surface area contributed by atoms with Crippen LogP contribution in [0.25, 0.3) is 10.9 Å². The SMILES string of the molecule is COCC(O)CNC(=O)c1ccc2ccc(Cl)cc2n1. The first-order valence-corrected chi connectivity index (χ1v) is 6.49. The number of hydrogen-bond acceptors (Lipinski definition) is 4. The minimum Gasteiger partial charge on any atom is -0.389 e. The standard InChI is InChI=1S/C14H15ClN2O3/c1-20-8-11(18)7-16-14(19)12-5-3-9-2-4-10(15)6-13(9)17-12/h2-6,11,18H,7-8H2,1H3,(H,16,19). The number of nitrogens with one attached hydrogen (secondary N) is 1. The summed E-state index contributed by atoms with van der Waals surface area (Å²) in [5.74, 6) is -0.345. The van der Waals surface area contributed by atoms with Crippen LogP contribution >= 0.6 is 11.6 Å². The molecule has 0 saturated heterocycles. The van der Waals surface area contributed by atoms with Crippen molar-refractivity contribution in [2.75, 3.05) is 20.3 Å². The Morgan fingerprint density at radius 3 is 2.95 bits per heavy atom. The van der Waals surface area contributed by atoms with Gasteiger partial charge in [0, 0.05) is 24.1 Å². The van der Waals surface area contributed by atoms with Gasteiger partial charge in [-0.05, 0) is 18.2 Å². The van der Waals surface area contributed by atoms with Crippen molar-refractivity contribution in [3.8, 4) is 0 Å². The zero-order chi connectivity index (χ0) is 14.5. The van der Waals surface area contributed by atoms with Crippen LogP contribution in [0, 0.1) is 0 Å². The molecule has 0 fully saturated rings. The number of methoxy groups -OCH3 is 1. The number of carbonyl (C=O) groups excluding carboxylic acids is 1. The molecule has 0 radical (unpaired) electrons. The average molecular weight is 295 g/mol. The second-order valence-corrected chi connectivity index (χ2v) is 4.79. The maximum atomic E-state index is 11.9. The van der Waals surface area contributed by atoms with Gasteiger partial charge < -0.3 is 15.2 Å². The predicted octanol–water partition coefficient (Wildman–Crippen LogP) is 1.63. The summed E-state index contributed by atoms with van der Waals surface area (Å²) in [6.07, 6.45) is -0.737. The number of amides is 1. The summed E-state index contributed by atoms with van der Waals surface area (Å²) in [7, 11) is 1.49. The van der Waals surface area contributed by atoms with Crippen LogP contribution in [0.2, 0.25) is 5.02 Å². The van der Waals surface area contributed by atoms with Crippen LogP contribution in [0.3, 0.4) is 0 Å². The zero-order valence-electron chi connectivity index (χ0n) is 11.0. The van der Waals surface area contributed by atoms with Crippen LogP contribution in [0.4, 0.5) is 0 Å². The van der Waals surface area contributed by atoms with Crippen molar-refractivity contribution in [1.29, 1.82) is 0 Å².